The van der Waals surface area contributed by atoms with Crippen LogP contribution in [0.1, 0.15) is 0 Å². The maximum absolute atomic E-state index is 10.4. The predicted molar refractivity (Wildman–Crippen MR) is 14.5 cm³/mol. The third-order valence-corrected chi connectivity index (χ3v) is 0. The molecule has 0 rings (SSSR count). The van der Waals surface area contributed by atoms with Gasteiger partial charge in [0.25, 0.3) is 0 Å². The van der Waals surface area contributed by atoms with Crippen molar-refractivity contribution in [2.75, 3.05) is 0 Å². The molecule has 0 amide bonds. The van der Waals surface area contributed by atoms with Crippen LogP contribution < -0.4 is 0 Å². The Bertz CT molecular complexity index is 10.8. The zero-order chi connectivity index (χ0) is 3.58. The number of rotatable bonds is 0. The van der Waals surface area contributed by atoms with Crippen molar-refractivity contribution in [1.29, 1.82) is 0 Å². The van der Waals surface area contributed by atoms with E-state index < -0.39 is 5.21 Å². The van der Waals surface area contributed by atoms with E-state index in [-0.39, 0.29) is 0 Å². The summed E-state index contributed by atoms with van der Waals surface area (Å²) in [5.74, 6) is 0. The molecule has 0 aliphatic heterocycles. The SMILES string of the molecule is FC(F)[AsH2]. The first-order chi connectivity index (χ1) is 1.73. The van der Waals surface area contributed by atoms with Gasteiger partial charge in [-0.1, -0.05) is 0 Å². The molecule has 26 valence electrons. The summed E-state index contributed by atoms with van der Waals surface area (Å²) in [6, 6.07) is 0. The van der Waals surface area contributed by atoms with Crippen LogP contribution in [-0.4, -0.2) is 22.1 Å². The Morgan fingerprint density at radius 2 is 1.50 bits per heavy atom. The minimum atomic E-state index is -2.10. The first kappa shape index (κ1) is 4.42. The molecule has 0 bridgehead atoms. The van der Waals surface area contributed by atoms with E-state index >= 15 is 0 Å². The van der Waals surface area contributed by atoms with E-state index in [1.54, 1.807) is 0 Å². The summed E-state index contributed by atoms with van der Waals surface area (Å²) in [6.07, 6.45) is 0. The molecule has 1 unspecified atom stereocenters. The second kappa shape index (κ2) is 1.71. The van der Waals surface area contributed by atoms with Gasteiger partial charge < -0.3 is 0 Å². The Morgan fingerprint density at radius 3 is 1.50 bits per heavy atom. The van der Waals surface area contributed by atoms with E-state index in [0.717, 1.165) is 0 Å². The number of alkyl halides is 2. The second-order valence-corrected chi connectivity index (χ2v) is 1.39. The van der Waals surface area contributed by atoms with Crippen LogP contribution in [0.3, 0.4) is 0 Å². The molecular formula is CH3AsF2. The monoisotopic (exact) mass is 128 g/mol. The zero-order valence-electron chi connectivity index (χ0n) is 1.91. The molecule has 3 heteroatoms. The normalized spacial score (nSPS) is 9.00. The fourth-order valence-electron chi connectivity index (χ4n) is 0. The summed E-state index contributed by atoms with van der Waals surface area (Å²) in [5, 5.41) is -2.10. The summed E-state index contributed by atoms with van der Waals surface area (Å²) in [5.41, 5.74) is 0. The van der Waals surface area contributed by atoms with Crippen molar-refractivity contribution in [2.24, 2.45) is 0 Å². The number of hydrogen-bond donors (Lipinski definition) is 0. The summed E-state index contributed by atoms with van der Waals surface area (Å²) in [6.45, 7) is 0. The predicted octanol–water partition coefficient (Wildman–Crippen LogP) is -0.158. The van der Waals surface area contributed by atoms with Crippen LogP contribution in [0, 0.1) is 0 Å². The molecule has 0 aliphatic carbocycles. The van der Waals surface area contributed by atoms with Crippen molar-refractivity contribution in [3.05, 3.63) is 0 Å². The van der Waals surface area contributed by atoms with Crippen molar-refractivity contribution in [1.82, 2.24) is 0 Å². The van der Waals surface area contributed by atoms with Crippen LogP contribution in [0.5, 0.6) is 0 Å². The van der Waals surface area contributed by atoms with Gasteiger partial charge in [-0.05, 0) is 0 Å². The van der Waals surface area contributed by atoms with Crippen molar-refractivity contribution in [3.8, 4) is 0 Å². The van der Waals surface area contributed by atoms with Crippen molar-refractivity contribution in [2.45, 2.75) is 5.21 Å². The van der Waals surface area contributed by atoms with Gasteiger partial charge in [0.2, 0.25) is 0 Å². The molecule has 0 fully saturated rings. The quantitative estimate of drug-likeness (QED) is 0.397. The molecule has 1 atom stereocenters. The summed E-state index contributed by atoms with van der Waals surface area (Å²) >= 11 is 0.465. The minimum absolute atomic E-state index is 0.465. The fourth-order valence-corrected chi connectivity index (χ4v) is 0. The third kappa shape index (κ3) is 27.8. The first-order valence-electron chi connectivity index (χ1n) is 0.770. The number of hydrogen-bond acceptors (Lipinski definition) is 0. The molecule has 0 aromatic rings. The summed E-state index contributed by atoms with van der Waals surface area (Å²) in [4.78, 5) is 0. The van der Waals surface area contributed by atoms with Gasteiger partial charge in [0, 0.05) is 0 Å². The molecule has 0 aromatic carbocycles. The van der Waals surface area contributed by atoms with Crippen LogP contribution >= 0.6 is 0 Å². The maximum atomic E-state index is 10.4. The molecule has 0 aliphatic rings. The first-order valence-corrected chi connectivity index (χ1v) is 2.17. The molecule has 0 spiro atoms. The zero-order valence-corrected chi connectivity index (χ0v) is 4.33. The van der Waals surface area contributed by atoms with Gasteiger partial charge in [0.1, 0.15) is 0 Å². The van der Waals surface area contributed by atoms with Crippen LogP contribution in [0.25, 0.3) is 0 Å². The molecule has 0 radical (unpaired) electrons. The van der Waals surface area contributed by atoms with Crippen LogP contribution in [0.4, 0.5) is 8.78 Å². The van der Waals surface area contributed by atoms with Gasteiger partial charge in [-0.2, -0.15) is 0 Å². The molecule has 0 heterocycles. The van der Waals surface area contributed by atoms with Crippen molar-refractivity contribution in [3.63, 3.8) is 0 Å². The van der Waals surface area contributed by atoms with Crippen LogP contribution in [0.2, 0.25) is 0 Å². The van der Waals surface area contributed by atoms with Gasteiger partial charge in [0.15, 0.2) is 0 Å². The Hall–Kier alpha value is 0.418. The average molecular weight is 128 g/mol. The van der Waals surface area contributed by atoms with Gasteiger partial charge >= 0.3 is 30.8 Å². The standard InChI is InChI=1S/CH3AsF2/c2-1(3)4/h1H,2H2. The molecule has 4 heavy (non-hydrogen) atoms. The van der Waals surface area contributed by atoms with E-state index in [4.69, 9.17) is 0 Å². The van der Waals surface area contributed by atoms with Crippen molar-refractivity contribution >= 4 is 16.9 Å². The average Bonchev–Trinajstić information content (AvgIpc) is 0.811. The Labute approximate surface area is 31.7 Å². The third-order valence-electron chi connectivity index (χ3n) is 0. The summed E-state index contributed by atoms with van der Waals surface area (Å²) < 4.78 is 20.7. The Balaban J connectivity index is 2.32. The van der Waals surface area contributed by atoms with Crippen molar-refractivity contribution < 1.29 is 8.78 Å². The van der Waals surface area contributed by atoms with Crippen LogP contribution in [0.15, 0.2) is 0 Å². The van der Waals surface area contributed by atoms with Gasteiger partial charge in [0.05, 0.1) is 0 Å². The topological polar surface area (TPSA) is 0 Å². The summed E-state index contributed by atoms with van der Waals surface area (Å²) in [7, 11) is 0. The van der Waals surface area contributed by atoms with E-state index in [1.165, 1.54) is 0 Å². The van der Waals surface area contributed by atoms with E-state index in [2.05, 4.69) is 0 Å². The second-order valence-electron chi connectivity index (χ2n) is 0.334. The molecule has 0 N–H and O–H groups in total. The molecule has 0 saturated heterocycles. The van der Waals surface area contributed by atoms with Gasteiger partial charge in [-0.3, -0.25) is 0 Å². The Morgan fingerprint density at radius 1 is 1.50 bits per heavy atom. The van der Waals surface area contributed by atoms with E-state index in [9.17, 15) is 8.78 Å². The van der Waals surface area contributed by atoms with E-state index in [0.29, 0.717) is 16.9 Å². The Kier molecular flexibility index (Phi) is 1.89. The van der Waals surface area contributed by atoms with Gasteiger partial charge in [-0.15, -0.1) is 0 Å². The molecule has 0 aromatic heterocycles. The number of halogens is 2. The molecular weight excluding hydrogens is 125 g/mol. The fraction of sp³-hybridized carbons (Fsp3) is 1.00. The molecule has 0 saturated carbocycles. The van der Waals surface area contributed by atoms with Crippen LogP contribution in [-0.2, 0) is 0 Å². The van der Waals surface area contributed by atoms with Gasteiger partial charge in [-0.25, -0.2) is 0 Å². The van der Waals surface area contributed by atoms with E-state index in [1.807, 2.05) is 0 Å². The molecule has 0 nitrogen and oxygen atoms in total.